The van der Waals surface area contributed by atoms with Crippen molar-refractivity contribution in [3.8, 4) is 0 Å². The van der Waals surface area contributed by atoms with E-state index in [0.717, 1.165) is 0 Å². The Bertz CT molecular complexity index is 460. The van der Waals surface area contributed by atoms with E-state index in [1.54, 1.807) is 0 Å². The molecule has 0 aliphatic carbocycles. The van der Waals surface area contributed by atoms with Gasteiger partial charge in [0, 0.05) is 0 Å². The fraction of sp³-hybridized carbons (Fsp3) is 0.857. The molecule has 1 unspecified atom stereocenters. The second kappa shape index (κ2) is 12.8. The molecule has 0 saturated carbocycles. The van der Waals surface area contributed by atoms with Gasteiger partial charge in [0.15, 0.2) is 5.25 Å². The molecule has 0 bridgehead atoms. The molecule has 1 atom stereocenters. The third-order valence-corrected chi connectivity index (χ3v) is 3.95. The van der Waals surface area contributed by atoms with Gasteiger partial charge in [0.2, 0.25) is 0 Å². The molecule has 0 rings (SSSR count). The average molecular weight is 379 g/mol. The first kappa shape index (κ1) is 25.7. The van der Waals surface area contributed by atoms with Gasteiger partial charge in [0.25, 0.3) is 10.1 Å². The van der Waals surface area contributed by atoms with Gasteiger partial charge in [-0.3, -0.25) is 14.1 Å². The van der Waals surface area contributed by atoms with E-state index in [1.807, 2.05) is 27.7 Å². The van der Waals surface area contributed by atoms with Gasteiger partial charge in [0.1, 0.15) is 0 Å². The Morgan fingerprint density at radius 3 is 1.78 bits per heavy atom. The average Bonchev–Trinajstić information content (AvgIpc) is 2.33. The van der Waals surface area contributed by atoms with Crippen molar-refractivity contribution in [1.82, 2.24) is 0 Å². The zero-order chi connectivity index (χ0) is 17.3. The Labute approximate surface area is 181 Å². The number of hydrogen-bond donors (Lipinski definition) is 1. The van der Waals surface area contributed by atoms with Gasteiger partial charge in [-0.2, -0.15) is 8.42 Å². The first-order valence-corrected chi connectivity index (χ1v) is 8.83. The molecule has 132 valence electrons. The molecular formula is C14H27KO7S. The second-order valence-electron chi connectivity index (χ2n) is 5.96. The van der Waals surface area contributed by atoms with Crippen LogP contribution < -0.4 is 0 Å². The summed E-state index contributed by atoms with van der Waals surface area (Å²) in [5.74, 6) is -1.39. The van der Waals surface area contributed by atoms with Gasteiger partial charge < -0.3 is 9.47 Å². The van der Waals surface area contributed by atoms with Crippen molar-refractivity contribution in [3.05, 3.63) is 0 Å². The van der Waals surface area contributed by atoms with E-state index in [2.05, 4.69) is 0 Å². The molecule has 0 radical (unpaired) electrons. The summed E-state index contributed by atoms with van der Waals surface area (Å²) in [7, 11) is -4.73. The maximum absolute atomic E-state index is 11.7. The predicted molar refractivity (Wildman–Crippen MR) is 87.9 cm³/mol. The molecule has 0 aromatic carbocycles. The molecule has 23 heavy (non-hydrogen) atoms. The van der Waals surface area contributed by atoms with Crippen LogP contribution in [0.2, 0.25) is 0 Å². The van der Waals surface area contributed by atoms with Gasteiger partial charge >= 0.3 is 63.3 Å². The number of carbonyl (C=O) groups is 2. The van der Waals surface area contributed by atoms with Crippen molar-refractivity contribution >= 4 is 73.4 Å². The van der Waals surface area contributed by atoms with Crippen LogP contribution >= 0.6 is 0 Å². The molecule has 0 spiro atoms. The van der Waals surface area contributed by atoms with Crippen LogP contribution in [0.1, 0.15) is 47.0 Å². The van der Waals surface area contributed by atoms with Crippen LogP contribution in [0.3, 0.4) is 0 Å². The SMILES string of the molecule is CC(C)CCOC(=O)CC(C(=O)OCCC(C)C)S(=O)(=O)O.[KH]. The second-order valence-corrected chi connectivity index (χ2v) is 7.56. The number of rotatable bonds is 10. The molecular weight excluding hydrogens is 351 g/mol. The van der Waals surface area contributed by atoms with Crippen LogP contribution in [0.4, 0.5) is 0 Å². The molecule has 0 heterocycles. The maximum atomic E-state index is 11.7. The third-order valence-electron chi connectivity index (χ3n) is 2.87. The van der Waals surface area contributed by atoms with E-state index in [-0.39, 0.29) is 70.5 Å². The molecule has 0 aromatic heterocycles. The van der Waals surface area contributed by atoms with Gasteiger partial charge in [-0.1, -0.05) is 27.7 Å². The molecule has 0 amide bonds. The first-order chi connectivity index (χ1) is 10.0. The fourth-order valence-corrected chi connectivity index (χ4v) is 2.08. The topological polar surface area (TPSA) is 107 Å². The van der Waals surface area contributed by atoms with E-state index in [0.29, 0.717) is 18.8 Å². The Morgan fingerprint density at radius 2 is 1.39 bits per heavy atom. The molecule has 7 nitrogen and oxygen atoms in total. The molecule has 0 aliphatic heterocycles. The fourth-order valence-electron chi connectivity index (χ4n) is 1.42. The van der Waals surface area contributed by atoms with Crippen LogP contribution in [0.15, 0.2) is 0 Å². The van der Waals surface area contributed by atoms with E-state index in [1.165, 1.54) is 0 Å². The zero-order valence-corrected chi connectivity index (χ0v) is 14.4. The van der Waals surface area contributed by atoms with Gasteiger partial charge in [-0.15, -0.1) is 0 Å². The van der Waals surface area contributed by atoms with E-state index in [9.17, 15) is 18.0 Å². The number of carbonyl (C=O) groups excluding carboxylic acids is 2. The standard InChI is InChI=1S/C14H26O7S.K.H/c1-10(2)5-7-20-13(15)9-12(22(17,18)19)14(16)21-8-6-11(3)4;;/h10-12H,5-9H2,1-4H3,(H,17,18,19);;. The third kappa shape index (κ3) is 13.5. The summed E-state index contributed by atoms with van der Waals surface area (Å²) >= 11 is 0. The van der Waals surface area contributed by atoms with Crippen molar-refractivity contribution in [3.63, 3.8) is 0 Å². The monoisotopic (exact) mass is 378 g/mol. The molecule has 0 saturated heterocycles. The Morgan fingerprint density at radius 1 is 0.957 bits per heavy atom. The van der Waals surface area contributed by atoms with Crippen molar-refractivity contribution < 1.29 is 32.0 Å². The van der Waals surface area contributed by atoms with Crippen LogP contribution in [-0.2, 0) is 29.2 Å². The van der Waals surface area contributed by atoms with Crippen LogP contribution in [0.5, 0.6) is 0 Å². The van der Waals surface area contributed by atoms with Crippen molar-refractivity contribution in [2.24, 2.45) is 11.8 Å². The summed E-state index contributed by atoms with van der Waals surface area (Å²) in [6.07, 6.45) is 0.432. The minimum atomic E-state index is -4.73. The van der Waals surface area contributed by atoms with Crippen molar-refractivity contribution in [1.29, 1.82) is 0 Å². The number of hydrogen-bond acceptors (Lipinski definition) is 6. The molecule has 0 aromatic rings. The van der Waals surface area contributed by atoms with E-state index in [4.69, 9.17) is 14.0 Å². The summed E-state index contributed by atoms with van der Waals surface area (Å²) in [6, 6.07) is 0. The van der Waals surface area contributed by atoms with Crippen molar-refractivity contribution in [2.45, 2.75) is 52.2 Å². The summed E-state index contributed by atoms with van der Waals surface area (Å²) in [4.78, 5) is 23.3. The van der Waals surface area contributed by atoms with Gasteiger partial charge in [0.05, 0.1) is 19.6 Å². The number of ether oxygens (including phenoxy) is 2. The first-order valence-electron chi connectivity index (χ1n) is 7.32. The summed E-state index contributed by atoms with van der Waals surface area (Å²) in [5.41, 5.74) is 0. The summed E-state index contributed by atoms with van der Waals surface area (Å²) in [6.45, 7) is 7.89. The van der Waals surface area contributed by atoms with Crippen molar-refractivity contribution in [2.75, 3.05) is 13.2 Å². The van der Waals surface area contributed by atoms with Gasteiger partial charge in [-0.05, 0) is 24.7 Å². The quantitative estimate of drug-likeness (QED) is 0.345. The molecule has 0 fully saturated rings. The van der Waals surface area contributed by atoms with Gasteiger partial charge in [-0.25, -0.2) is 0 Å². The Hall–Kier alpha value is 0.486. The molecule has 9 heteroatoms. The van der Waals surface area contributed by atoms with E-state index >= 15 is 0 Å². The zero-order valence-electron chi connectivity index (χ0n) is 13.6. The van der Waals surface area contributed by atoms with Crippen LogP contribution in [-0.4, -0.2) is 94.8 Å². The number of esters is 2. The van der Waals surface area contributed by atoms with Crippen LogP contribution in [0.25, 0.3) is 0 Å². The normalized spacial score (nSPS) is 12.7. The predicted octanol–water partition coefficient (Wildman–Crippen LogP) is 1.16. The molecule has 1 N–H and O–H groups in total. The Kier molecular flexibility index (Phi) is 14.3. The summed E-state index contributed by atoms with van der Waals surface area (Å²) < 4.78 is 41.2. The molecule has 0 aliphatic rings. The summed E-state index contributed by atoms with van der Waals surface area (Å²) in [5, 5.41) is -1.94. The van der Waals surface area contributed by atoms with Crippen LogP contribution in [0, 0.1) is 11.8 Å². The minimum absolute atomic E-state index is 0. The Balaban J connectivity index is 0. The van der Waals surface area contributed by atoms with E-state index < -0.39 is 33.7 Å².